The Balaban J connectivity index is 2.29. The highest BCUT2D eigenvalue weighted by molar-refractivity contribution is 8.00. The summed E-state index contributed by atoms with van der Waals surface area (Å²) >= 11 is 3.19. The number of ether oxygens (including phenoxy) is 1. The highest BCUT2D eigenvalue weighted by atomic mass is 32.2. The first-order valence-electron chi connectivity index (χ1n) is 4.40. The number of aryl methyl sites for hydroxylation is 1. The molecule has 2 nitrogen and oxygen atoms in total. The van der Waals surface area contributed by atoms with Crippen LogP contribution in [0, 0.1) is 6.92 Å². The summed E-state index contributed by atoms with van der Waals surface area (Å²) in [5.74, 6) is 1.67. The summed E-state index contributed by atoms with van der Waals surface area (Å²) in [5, 5.41) is 0. The van der Waals surface area contributed by atoms with Crippen molar-refractivity contribution in [1.29, 1.82) is 0 Å². The maximum absolute atomic E-state index is 11.6. The van der Waals surface area contributed by atoms with Gasteiger partial charge in [0.25, 0.3) is 0 Å². The van der Waals surface area contributed by atoms with Crippen molar-refractivity contribution in [1.82, 2.24) is 0 Å². The maximum atomic E-state index is 11.6. The molecule has 0 saturated carbocycles. The molecule has 0 aromatic carbocycles. The molecule has 0 unspecified atom stereocenters. The largest absolute Gasteiger partial charge is 0.384 e. The van der Waals surface area contributed by atoms with Gasteiger partial charge in [-0.1, -0.05) is 0 Å². The van der Waals surface area contributed by atoms with Crippen LogP contribution >= 0.6 is 23.1 Å². The highest BCUT2D eigenvalue weighted by Crippen LogP contribution is 2.17. The van der Waals surface area contributed by atoms with Crippen molar-refractivity contribution in [2.45, 2.75) is 6.92 Å². The van der Waals surface area contributed by atoms with Crippen LogP contribution in [0.3, 0.4) is 0 Å². The molecule has 4 heteroatoms. The Kier molecular flexibility index (Phi) is 5.22. The van der Waals surface area contributed by atoms with Gasteiger partial charge in [0.1, 0.15) is 0 Å². The van der Waals surface area contributed by atoms with Crippen LogP contribution in [-0.4, -0.2) is 31.0 Å². The summed E-state index contributed by atoms with van der Waals surface area (Å²) < 4.78 is 4.90. The number of Topliss-reactive ketones (excluding diaryl/α,β-unsaturated/α-hetero) is 1. The molecule has 0 saturated heterocycles. The molecule has 0 N–H and O–H groups in total. The molecule has 0 bridgehead atoms. The van der Waals surface area contributed by atoms with E-state index in [0.29, 0.717) is 12.4 Å². The quantitative estimate of drug-likeness (QED) is 0.555. The van der Waals surface area contributed by atoms with Crippen molar-refractivity contribution in [3.8, 4) is 0 Å². The number of carbonyl (C=O) groups is 1. The van der Waals surface area contributed by atoms with Gasteiger partial charge in [0.15, 0.2) is 5.78 Å². The molecule has 1 aromatic heterocycles. The fourth-order valence-corrected chi connectivity index (χ4v) is 2.63. The van der Waals surface area contributed by atoms with E-state index in [2.05, 4.69) is 0 Å². The normalized spacial score (nSPS) is 10.4. The third-order valence-corrected chi connectivity index (χ3v) is 3.64. The maximum Gasteiger partial charge on any atom is 0.182 e. The fourth-order valence-electron chi connectivity index (χ4n) is 0.963. The topological polar surface area (TPSA) is 26.3 Å². The summed E-state index contributed by atoms with van der Waals surface area (Å²) in [6, 6.07) is 3.89. The number of hydrogen-bond donors (Lipinski definition) is 0. The number of carbonyl (C=O) groups excluding carboxylic acids is 1. The molecular formula is C10H14O2S2. The lowest BCUT2D eigenvalue weighted by atomic mass is 10.3. The van der Waals surface area contributed by atoms with Crippen LogP contribution in [-0.2, 0) is 4.74 Å². The molecular weight excluding hydrogens is 216 g/mol. The molecule has 0 fully saturated rings. The van der Waals surface area contributed by atoms with E-state index in [9.17, 15) is 4.79 Å². The molecule has 1 heterocycles. The van der Waals surface area contributed by atoms with E-state index < -0.39 is 0 Å². The third-order valence-electron chi connectivity index (χ3n) is 1.68. The van der Waals surface area contributed by atoms with Gasteiger partial charge >= 0.3 is 0 Å². The van der Waals surface area contributed by atoms with Gasteiger partial charge < -0.3 is 4.74 Å². The van der Waals surface area contributed by atoms with Crippen molar-refractivity contribution >= 4 is 28.9 Å². The predicted molar refractivity (Wildman–Crippen MR) is 62.6 cm³/mol. The molecule has 0 radical (unpaired) electrons. The van der Waals surface area contributed by atoms with Crippen molar-refractivity contribution in [2.24, 2.45) is 0 Å². The molecule has 0 aliphatic rings. The first-order chi connectivity index (χ1) is 6.74. The van der Waals surface area contributed by atoms with Crippen molar-refractivity contribution in [2.75, 3.05) is 25.2 Å². The first-order valence-corrected chi connectivity index (χ1v) is 6.37. The van der Waals surface area contributed by atoms with Gasteiger partial charge in [0.05, 0.1) is 17.2 Å². The summed E-state index contributed by atoms with van der Waals surface area (Å²) in [6.45, 7) is 2.72. The predicted octanol–water partition coefficient (Wildman–Crippen LogP) is 2.62. The van der Waals surface area contributed by atoms with E-state index in [1.54, 1.807) is 30.2 Å². The van der Waals surface area contributed by atoms with Crippen LogP contribution in [0.25, 0.3) is 0 Å². The second kappa shape index (κ2) is 6.22. The van der Waals surface area contributed by atoms with E-state index >= 15 is 0 Å². The van der Waals surface area contributed by atoms with Gasteiger partial charge in [0.2, 0.25) is 0 Å². The molecule has 1 rings (SSSR count). The zero-order valence-corrected chi connectivity index (χ0v) is 10.0. The Morgan fingerprint density at radius 2 is 2.36 bits per heavy atom. The third kappa shape index (κ3) is 3.82. The summed E-state index contributed by atoms with van der Waals surface area (Å²) in [7, 11) is 1.67. The number of rotatable bonds is 6. The number of ketones is 1. The summed E-state index contributed by atoms with van der Waals surface area (Å²) in [5.41, 5.74) is 0. The SMILES string of the molecule is COCCSCC(=O)c1ccc(C)s1. The smallest absolute Gasteiger partial charge is 0.182 e. The van der Waals surface area contributed by atoms with Crippen LogP contribution in [0.4, 0.5) is 0 Å². The van der Waals surface area contributed by atoms with E-state index in [4.69, 9.17) is 4.74 Å². The van der Waals surface area contributed by atoms with Crippen LogP contribution < -0.4 is 0 Å². The fraction of sp³-hybridized carbons (Fsp3) is 0.500. The van der Waals surface area contributed by atoms with Crippen LogP contribution in [0.5, 0.6) is 0 Å². The molecule has 0 amide bonds. The Labute approximate surface area is 92.7 Å². The van der Waals surface area contributed by atoms with E-state index in [-0.39, 0.29) is 5.78 Å². The highest BCUT2D eigenvalue weighted by Gasteiger charge is 2.07. The molecule has 78 valence electrons. The summed E-state index contributed by atoms with van der Waals surface area (Å²) in [4.78, 5) is 13.6. The molecule has 0 atom stereocenters. The molecule has 1 aromatic rings. The van der Waals surface area contributed by atoms with Gasteiger partial charge in [-0.3, -0.25) is 4.79 Å². The van der Waals surface area contributed by atoms with Crippen LogP contribution in [0.1, 0.15) is 14.5 Å². The van der Waals surface area contributed by atoms with Gasteiger partial charge in [-0.2, -0.15) is 11.8 Å². The Morgan fingerprint density at radius 3 is 2.93 bits per heavy atom. The zero-order chi connectivity index (χ0) is 10.4. The second-order valence-corrected chi connectivity index (χ2v) is 5.27. The number of thiophene rings is 1. The van der Waals surface area contributed by atoms with Gasteiger partial charge in [0, 0.05) is 17.7 Å². The summed E-state index contributed by atoms with van der Waals surface area (Å²) in [6.07, 6.45) is 0. The second-order valence-electron chi connectivity index (χ2n) is 2.88. The number of hydrogen-bond acceptors (Lipinski definition) is 4. The van der Waals surface area contributed by atoms with Gasteiger partial charge in [-0.15, -0.1) is 11.3 Å². The lowest BCUT2D eigenvalue weighted by Gasteiger charge is -1.98. The van der Waals surface area contributed by atoms with Crippen LogP contribution in [0.2, 0.25) is 0 Å². The van der Waals surface area contributed by atoms with Crippen molar-refractivity contribution in [3.63, 3.8) is 0 Å². The molecule has 14 heavy (non-hydrogen) atoms. The molecule has 0 aliphatic heterocycles. The average molecular weight is 230 g/mol. The molecule has 0 spiro atoms. The Morgan fingerprint density at radius 1 is 1.57 bits per heavy atom. The average Bonchev–Trinajstić information content (AvgIpc) is 2.59. The zero-order valence-electron chi connectivity index (χ0n) is 8.41. The van der Waals surface area contributed by atoms with Gasteiger partial charge in [-0.05, 0) is 19.1 Å². The minimum atomic E-state index is 0.226. The Hall–Kier alpha value is -0.320. The number of thioether (sulfide) groups is 1. The van der Waals surface area contributed by atoms with Crippen molar-refractivity contribution < 1.29 is 9.53 Å². The first kappa shape index (κ1) is 11.8. The van der Waals surface area contributed by atoms with Crippen LogP contribution in [0.15, 0.2) is 12.1 Å². The standard InChI is InChI=1S/C10H14O2S2/c1-8-3-4-10(14-8)9(11)7-13-6-5-12-2/h3-4H,5-7H2,1-2H3. The monoisotopic (exact) mass is 230 g/mol. The minimum Gasteiger partial charge on any atom is -0.384 e. The lowest BCUT2D eigenvalue weighted by molar-refractivity contribution is 0.102. The lowest BCUT2D eigenvalue weighted by Crippen LogP contribution is -2.02. The Bertz CT molecular complexity index is 294. The van der Waals surface area contributed by atoms with Crippen molar-refractivity contribution in [3.05, 3.63) is 21.9 Å². The molecule has 0 aliphatic carbocycles. The minimum absolute atomic E-state index is 0.226. The van der Waals surface area contributed by atoms with E-state index in [1.165, 1.54) is 4.88 Å². The van der Waals surface area contributed by atoms with Gasteiger partial charge in [-0.25, -0.2) is 0 Å². The number of methoxy groups -OCH3 is 1. The van der Waals surface area contributed by atoms with E-state index in [0.717, 1.165) is 10.6 Å². The van der Waals surface area contributed by atoms with E-state index in [1.807, 2.05) is 19.1 Å².